The third kappa shape index (κ3) is 3.26. The molecule has 2 unspecified atom stereocenters. The first-order chi connectivity index (χ1) is 5.28. The molecule has 0 aliphatic heterocycles. The first kappa shape index (κ1) is 13.4. The van der Waals surface area contributed by atoms with Crippen LogP contribution in [-0.2, 0) is 9.09 Å². The molecule has 0 aromatic carbocycles. The number of hydrogen-bond donors (Lipinski definition) is 1. The molecule has 8 heteroatoms. The molecule has 0 saturated carbocycles. The van der Waals surface area contributed by atoms with E-state index in [1.807, 2.05) is 0 Å². The maximum Gasteiger partial charge on any atom is 0.289 e. The van der Waals surface area contributed by atoms with Crippen LogP contribution in [0.1, 0.15) is 0 Å². The molecular formula is C4H8Cl3O3PS. The third-order valence-electron chi connectivity index (χ3n) is 1.10. The normalized spacial score (nSPS) is 20.2. The summed E-state index contributed by atoms with van der Waals surface area (Å²) in [6, 6.07) is 0. The fourth-order valence-electron chi connectivity index (χ4n) is 0.454. The Morgan fingerprint density at radius 3 is 2.08 bits per heavy atom. The van der Waals surface area contributed by atoms with Gasteiger partial charge in [-0.25, -0.2) is 0 Å². The summed E-state index contributed by atoms with van der Waals surface area (Å²) in [5.41, 5.74) is 0. The van der Waals surface area contributed by atoms with Gasteiger partial charge in [0.25, 0.3) is 6.57 Å². The van der Waals surface area contributed by atoms with Crippen LogP contribution in [0.15, 0.2) is 0 Å². The van der Waals surface area contributed by atoms with Gasteiger partial charge in [0.2, 0.25) is 3.79 Å². The van der Waals surface area contributed by atoms with Gasteiger partial charge in [-0.15, -0.1) is 0 Å². The van der Waals surface area contributed by atoms with Gasteiger partial charge in [0.15, 0.2) is 5.85 Å². The molecule has 0 spiro atoms. The molecule has 0 amide bonds. The summed E-state index contributed by atoms with van der Waals surface area (Å²) in [7, 11) is 1.19. The van der Waals surface area contributed by atoms with Gasteiger partial charge in [-0.1, -0.05) is 46.2 Å². The van der Waals surface area contributed by atoms with Gasteiger partial charge in [0, 0.05) is 7.11 Å². The second-order valence-electron chi connectivity index (χ2n) is 1.82. The van der Waals surface area contributed by atoms with Gasteiger partial charge in [0.1, 0.15) is 0 Å². The fourth-order valence-corrected chi connectivity index (χ4v) is 4.56. The second-order valence-corrected chi connectivity index (χ2v) is 9.11. The van der Waals surface area contributed by atoms with Gasteiger partial charge in [-0.3, -0.25) is 4.57 Å². The van der Waals surface area contributed by atoms with Gasteiger partial charge in [-0.05, 0) is 6.26 Å². The number of aliphatic hydroxyl groups excluding tert-OH is 1. The Bertz CT molecular complexity index is 186. The summed E-state index contributed by atoms with van der Waals surface area (Å²) in [4.78, 5) is 0. The summed E-state index contributed by atoms with van der Waals surface area (Å²) in [6.45, 7) is -3.32. The number of hydrogen-bond acceptors (Lipinski definition) is 4. The van der Waals surface area contributed by atoms with Crippen molar-refractivity contribution in [2.45, 2.75) is 9.64 Å². The first-order valence-electron chi connectivity index (χ1n) is 2.74. The Balaban J connectivity index is 4.66. The summed E-state index contributed by atoms with van der Waals surface area (Å²) in [6.07, 6.45) is 1.50. The Morgan fingerprint density at radius 2 is 2.00 bits per heavy atom. The highest BCUT2D eigenvalue weighted by molar-refractivity contribution is 8.56. The van der Waals surface area contributed by atoms with Crippen molar-refractivity contribution >= 4 is 52.8 Å². The lowest BCUT2D eigenvalue weighted by molar-refractivity contribution is 0.231. The molecule has 0 rings (SSSR count). The lowest BCUT2D eigenvalue weighted by Crippen LogP contribution is -2.24. The lowest BCUT2D eigenvalue weighted by Gasteiger charge is -2.24. The minimum atomic E-state index is -3.32. The molecule has 0 fully saturated rings. The van der Waals surface area contributed by atoms with Crippen LogP contribution < -0.4 is 0 Å². The molecule has 0 saturated heterocycles. The predicted molar refractivity (Wildman–Crippen MR) is 54.4 cm³/mol. The maximum absolute atomic E-state index is 11.5. The van der Waals surface area contributed by atoms with Crippen LogP contribution in [0.25, 0.3) is 0 Å². The minimum Gasteiger partial charge on any atom is -0.378 e. The van der Waals surface area contributed by atoms with Crippen LogP contribution in [-0.4, -0.2) is 28.1 Å². The van der Waals surface area contributed by atoms with E-state index in [4.69, 9.17) is 34.8 Å². The van der Waals surface area contributed by atoms with Crippen LogP contribution in [0.2, 0.25) is 0 Å². The van der Waals surface area contributed by atoms with Crippen molar-refractivity contribution in [3.63, 3.8) is 0 Å². The average molecular weight is 274 g/mol. The molecule has 2 atom stereocenters. The summed E-state index contributed by atoms with van der Waals surface area (Å²) in [5.74, 6) is -1.62. The SMILES string of the molecule is COP(=O)(SC)C(O)C(Cl)(Cl)Cl. The molecule has 0 heterocycles. The molecule has 0 radical (unpaired) electrons. The van der Waals surface area contributed by atoms with E-state index in [1.54, 1.807) is 0 Å². The van der Waals surface area contributed by atoms with Gasteiger partial charge in [-0.2, -0.15) is 0 Å². The summed E-state index contributed by atoms with van der Waals surface area (Å²) in [5, 5.41) is 9.30. The molecule has 0 aliphatic carbocycles. The van der Waals surface area contributed by atoms with Crippen molar-refractivity contribution in [3.8, 4) is 0 Å². The van der Waals surface area contributed by atoms with E-state index >= 15 is 0 Å². The smallest absolute Gasteiger partial charge is 0.289 e. The zero-order valence-electron chi connectivity index (χ0n) is 6.33. The first-order valence-corrected chi connectivity index (χ1v) is 7.39. The fraction of sp³-hybridized carbons (Fsp3) is 1.00. The molecular weight excluding hydrogens is 265 g/mol. The minimum absolute atomic E-state index is 0.837. The standard InChI is InChI=1S/C4H8Cl3O3PS/c1-10-11(9,12-2)3(8)4(5,6)7/h3,8H,1-2H3. The molecule has 0 aromatic rings. The average Bonchev–Trinajstić information content (AvgIpc) is 2.00. The van der Waals surface area contributed by atoms with E-state index < -0.39 is 16.2 Å². The Hall–Kier alpha value is 1.37. The summed E-state index contributed by atoms with van der Waals surface area (Å²) < 4.78 is 14.1. The molecule has 3 nitrogen and oxygen atoms in total. The highest BCUT2D eigenvalue weighted by atomic mass is 35.6. The summed E-state index contributed by atoms with van der Waals surface area (Å²) >= 11 is 16.9. The van der Waals surface area contributed by atoms with Crippen molar-refractivity contribution in [2.75, 3.05) is 13.4 Å². The highest BCUT2D eigenvalue weighted by Crippen LogP contribution is 2.65. The van der Waals surface area contributed by atoms with E-state index in [2.05, 4.69) is 4.52 Å². The topological polar surface area (TPSA) is 46.5 Å². The van der Waals surface area contributed by atoms with E-state index in [1.165, 1.54) is 13.4 Å². The zero-order chi connectivity index (χ0) is 9.99. The van der Waals surface area contributed by atoms with E-state index in [9.17, 15) is 9.67 Å². The molecule has 0 bridgehead atoms. The molecule has 0 aliphatic rings. The van der Waals surface area contributed by atoms with Crippen molar-refractivity contribution in [3.05, 3.63) is 0 Å². The molecule has 74 valence electrons. The van der Waals surface area contributed by atoms with E-state index in [0.717, 1.165) is 11.4 Å². The van der Waals surface area contributed by atoms with Crippen molar-refractivity contribution in [1.82, 2.24) is 0 Å². The van der Waals surface area contributed by atoms with Crippen LogP contribution in [0.5, 0.6) is 0 Å². The third-order valence-corrected chi connectivity index (χ3v) is 6.76. The van der Waals surface area contributed by atoms with Crippen LogP contribution in [0.4, 0.5) is 0 Å². The Kier molecular flexibility index (Phi) is 5.28. The van der Waals surface area contributed by atoms with E-state index in [-0.39, 0.29) is 0 Å². The van der Waals surface area contributed by atoms with Crippen molar-refractivity contribution < 1.29 is 14.2 Å². The number of halogens is 3. The van der Waals surface area contributed by atoms with Crippen LogP contribution in [0, 0.1) is 0 Å². The monoisotopic (exact) mass is 272 g/mol. The van der Waals surface area contributed by atoms with Crippen LogP contribution >= 0.6 is 52.8 Å². The number of rotatable bonds is 3. The van der Waals surface area contributed by atoms with Gasteiger partial charge >= 0.3 is 0 Å². The molecule has 0 aromatic heterocycles. The zero-order valence-corrected chi connectivity index (χ0v) is 10.3. The van der Waals surface area contributed by atoms with Crippen molar-refractivity contribution in [1.29, 1.82) is 0 Å². The van der Waals surface area contributed by atoms with E-state index in [0.29, 0.717) is 0 Å². The number of alkyl halides is 3. The molecule has 1 N–H and O–H groups in total. The quantitative estimate of drug-likeness (QED) is 0.634. The number of aliphatic hydroxyl groups is 1. The van der Waals surface area contributed by atoms with Crippen LogP contribution in [0.3, 0.4) is 0 Å². The van der Waals surface area contributed by atoms with Gasteiger partial charge in [0.05, 0.1) is 0 Å². The maximum atomic E-state index is 11.5. The molecule has 12 heavy (non-hydrogen) atoms. The second kappa shape index (κ2) is 4.74. The highest BCUT2D eigenvalue weighted by Gasteiger charge is 2.45. The predicted octanol–water partition coefficient (Wildman–Crippen LogP) is 2.88. The lowest BCUT2D eigenvalue weighted by atomic mass is 10.8. The van der Waals surface area contributed by atoms with Gasteiger partial charge < -0.3 is 9.63 Å². The largest absolute Gasteiger partial charge is 0.378 e. The van der Waals surface area contributed by atoms with Crippen molar-refractivity contribution in [2.24, 2.45) is 0 Å². The Labute approximate surface area is 89.9 Å². The Morgan fingerprint density at radius 1 is 1.58 bits per heavy atom.